The highest BCUT2D eigenvalue weighted by atomic mass is 16.2. The summed E-state index contributed by atoms with van der Waals surface area (Å²) in [6.45, 7) is 1.76. The van der Waals surface area contributed by atoms with E-state index >= 15 is 0 Å². The van der Waals surface area contributed by atoms with Crippen LogP contribution in [0, 0.1) is 0 Å². The van der Waals surface area contributed by atoms with Gasteiger partial charge in [-0.3, -0.25) is 4.79 Å². The standard InChI is InChI=1S/C10H18N6O/c1-6(9(17)16(3)4)13-8-5-7(12-2)14-10(11)15-8/h5-6H,1-4H3,(H4,11,12,13,14,15). The molecule has 0 spiro atoms. The van der Waals surface area contributed by atoms with E-state index in [0.717, 1.165) is 0 Å². The first kappa shape index (κ1) is 13.0. The predicted octanol–water partition coefficient (Wildman–Crippen LogP) is -0.0109. The Bertz CT molecular complexity index is 406. The van der Waals surface area contributed by atoms with Crippen LogP contribution < -0.4 is 16.4 Å². The molecule has 7 heteroatoms. The number of hydrogen-bond donors (Lipinski definition) is 3. The van der Waals surface area contributed by atoms with E-state index in [0.29, 0.717) is 11.6 Å². The van der Waals surface area contributed by atoms with Crippen LogP contribution in [0.5, 0.6) is 0 Å². The molecule has 0 aliphatic rings. The number of nitrogens with two attached hydrogens (primary N) is 1. The van der Waals surface area contributed by atoms with Gasteiger partial charge in [0.15, 0.2) is 0 Å². The van der Waals surface area contributed by atoms with E-state index in [4.69, 9.17) is 5.73 Å². The van der Waals surface area contributed by atoms with Crippen LogP contribution >= 0.6 is 0 Å². The average Bonchev–Trinajstić information content (AvgIpc) is 2.26. The van der Waals surface area contributed by atoms with Gasteiger partial charge in [0.05, 0.1) is 0 Å². The van der Waals surface area contributed by atoms with E-state index in [2.05, 4.69) is 20.6 Å². The Kier molecular flexibility index (Phi) is 4.08. The lowest BCUT2D eigenvalue weighted by atomic mass is 10.3. The van der Waals surface area contributed by atoms with Gasteiger partial charge in [-0.05, 0) is 6.92 Å². The van der Waals surface area contributed by atoms with Crippen molar-refractivity contribution in [3.63, 3.8) is 0 Å². The first-order valence-electron chi connectivity index (χ1n) is 5.24. The molecular formula is C10H18N6O. The molecule has 1 amide bonds. The average molecular weight is 238 g/mol. The zero-order valence-corrected chi connectivity index (χ0v) is 10.5. The molecule has 0 saturated carbocycles. The van der Waals surface area contributed by atoms with E-state index in [9.17, 15) is 4.79 Å². The van der Waals surface area contributed by atoms with Gasteiger partial charge in [0, 0.05) is 27.2 Å². The Morgan fingerprint density at radius 2 is 2.00 bits per heavy atom. The summed E-state index contributed by atoms with van der Waals surface area (Å²) in [5.74, 6) is 1.24. The van der Waals surface area contributed by atoms with Gasteiger partial charge in [0.1, 0.15) is 17.7 Å². The topological polar surface area (TPSA) is 96.2 Å². The molecule has 0 radical (unpaired) electrons. The van der Waals surface area contributed by atoms with Crippen molar-refractivity contribution in [1.82, 2.24) is 14.9 Å². The monoisotopic (exact) mass is 238 g/mol. The molecular weight excluding hydrogens is 220 g/mol. The van der Waals surface area contributed by atoms with Crippen molar-refractivity contribution in [2.45, 2.75) is 13.0 Å². The summed E-state index contributed by atoms with van der Waals surface area (Å²) in [6.07, 6.45) is 0. The van der Waals surface area contributed by atoms with Crippen LogP contribution in [-0.2, 0) is 4.79 Å². The van der Waals surface area contributed by atoms with Crippen molar-refractivity contribution >= 4 is 23.5 Å². The van der Waals surface area contributed by atoms with Crippen LogP contribution in [0.1, 0.15) is 6.92 Å². The third-order valence-corrected chi connectivity index (χ3v) is 2.18. The predicted molar refractivity (Wildman–Crippen MR) is 67.8 cm³/mol. The van der Waals surface area contributed by atoms with E-state index in [1.54, 1.807) is 34.1 Å². The number of nitrogens with one attached hydrogen (secondary N) is 2. The summed E-state index contributed by atoms with van der Waals surface area (Å²) in [5, 5.41) is 5.84. The van der Waals surface area contributed by atoms with Gasteiger partial charge >= 0.3 is 0 Å². The third-order valence-electron chi connectivity index (χ3n) is 2.18. The molecule has 0 bridgehead atoms. The molecule has 0 aliphatic carbocycles. The highest BCUT2D eigenvalue weighted by Gasteiger charge is 2.15. The highest BCUT2D eigenvalue weighted by molar-refractivity contribution is 5.83. The van der Waals surface area contributed by atoms with E-state index in [1.165, 1.54) is 4.90 Å². The lowest BCUT2D eigenvalue weighted by Gasteiger charge is -2.18. The van der Waals surface area contributed by atoms with Crippen LogP contribution in [0.25, 0.3) is 0 Å². The Balaban J connectivity index is 2.81. The van der Waals surface area contributed by atoms with Crippen LogP contribution in [0.15, 0.2) is 6.07 Å². The number of carbonyl (C=O) groups excluding carboxylic acids is 1. The zero-order valence-electron chi connectivity index (χ0n) is 10.5. The van der Waals surface area contributed by atoms with Crippen LogP contribution in [0.2, 0.25) is 0 Å². The van der Waals surface area contributed by atoms with Gasteiger partial charge in [-0.15, -0.1) is 0 Å². The molecule has 0 aromatic carbocycles. The van der Waals surface area contributed by atoms with E-state index < -0.39 is 0 Å². The normalized spacial score (nSPS) is 11.8. The fraction of sp³-hybridized carbons (Fsp3) is 0.500. The molecule has 1 aromatic rings. The zero-order chi connectivity index (χ0) is 13.0. The minimum Gasteiger partial charge on any atom is -0.373 e. The Labute approximate surface area is 100 Å². The van der Waals surface area contributed by atoms with Crippen LogP contribution in [0.3, 0.4) is 0 Å². The maximum atomic E-state index is 11.7. The first-order valence-corrected chi connectivity index (χ1v) is 5.24. The van der Waals surface area contributed by atoms with Crippen molar-refractivity contribution in [2.24, 2.45) is 0 Å². The Morgan fingerprint density at radius 1 is 1.41 bits per heavy atom. The fourth-order valence-corrected chi connectivity index (χ4v) is 1.34. The van der Waals surface area contributed by atoms with Gasteiger partial charge in [0.25, 0.3) is 0 Å². The molecule has 0 fully saturated rings. The van der Waals surface area contributed by atoms with Gasteiger partial charge in [0.2, 0.25) is 11.9 Å². The van der Waals surface area contributed by atoms with Crippen molar-refractivity contribution < 1.29 is 4.79 Å². The van der Waals surface area contributed by atoms with Crippen LogP contribution in [0.4, 0.5) is 17.6 Å². The lowest BCUT2D eigenvalue weighted by Crippen LogP contribution is -2.36. The molecule has 1 unspecified atom stereocenters. The van der Waals surface area contributed by atoms with Gasteiger partial charge < -0.3 is 21.3 Å². The molecule has 7 nitrogen and oxygen atoms in total. The van der Waals surface area contributed by atoms with E-state index in [1.807, 2.05) is 0 Å². The largest absolute Gasteiger partial charge is 0.373 e. The molecule has 4 N–H and O–H groups in total. The second kappa shape index (κ2) is 5.33. The van der Waals surface area contributed by atoms with Gasteiger partial charge in [-0.25, -0.2) is 0 Å². The van der Waals surface area contributed by atoms with Crippen molar-refractivity contribution in [2.75, 3.05) is 37.5 Å². The summed E-state index contributed by atoms with van der Waals surface area (Å²) in [4.78, 5) is 21.1. The molecule has 0 saturated heterocycles. The number of carbonyl (C=O) groups is 1. The fourth-order valence-electron chi connectivity index (χ4n) is 1.34. The third kappa shape index (κ3) is 3.47. The Hall–Kier alpha value is -2.05. The number of amides is 1. The summed E-state index contributed by atoms with van der Waals surface area (Å²) < 4.78 is 0. The quantitative estimate of drug-likeness (QED) is 0.682. The number of likely N-dealkylation sites (N-methyl/N-ethyl adjacent to an activating group) is 1. The van der Waals surface area contributed by atoms with Gasteiger partial charge in [-0.2, -0.15) is 9.97 Å². The Morgan fingerprint density at radius 3 is 2.53 bits per heavy atom. The number of aromatic nitrogens is 2. The number of nitrogen functional groups attached to an aromatic ring is 1. The van der Waals surface area contributed by atoms with Gasteiger partial charge in [-0.1, -0.05) is 0 Å². The smallest absolute Gasteiger partial charge is 0.244 e. The molecule has 1 rings (SSSR count). The first-order chi connectivity index (χ1) is 7.93. The van der Waals surface area contributed by atoms with Crippen molar-refractivity contribution in [3.05, 3.63) is 6.07 Å². The summed E-state index contributed by atoms with van der Waals surface area (Å²) in [5.41, 5.74) is 5.55. The summed E-state index contributed by atoms with van der Waals surface area (Å²) in [6, 6.07) is 1.32. The minimum absolute atomic E-state index is 0.0341. The molecule has 17 heavy (non-hydrogen) atoms. The summed E-state index contributed by atoms with van der Waals surface area (Å²) in [7, 11) is 5.14. The molecule has 0 aliphatic heterocycles. The maximum absolute atomic E-state index is 11.7. The van der Waals surface area contributed by atoms with Crippen LogP contribution in [-0.4, -0.2) is 48.0 Å². The molecule has 1 aromatic heterocycles. The number of anilines is 3. The van der Waals surface area contributed by atoms with Crippen molar-refractivity contribution in [3.8, 4) is 0 Å². The minimum atomic E-state index is -0.371. The highest BCUT2D eigenvalue weighted by Crippen LogP contribution is 2.13. The second-order valence-corrected chi connectivity index (χ2v) is 3.85. The number of hydrogen-bond acceptors (Lipinski definition) is 6. The summed E-state index contributed by atoms with van der Waals surface area (Å²) >= 11 is 0. The number of nitrogens with zero attached hydrogens (tertiary/aromatic N) is 3. The molecule has 94 valence electrons. The lowest BCUT2D eigenvalue weighted by molar-refractivity contribution is -0.129. The van der Waals surface area contributed by atoms with E-state index in [-0.39, 0.29) is 17.9 Å². The maximum Gasteiger partial charge on any atom is 0.244 e. The molecule has 1 atom stereocenters. The number of rotatable bonds is 4. The van der Waals surface area contributed by atoms with Crippen molar-refractivity contribution in [1.29, 1.82) is 0 Å². The second-order valence-electron chi connectivity index (χ2n) is 3.85. The molecule has 1 heterocycles. The SMILES string of the molecule is CNc1cc(NC(C)C(=O)N(C)C)nc(N)n1.